The number of hydrogen-bond acceptors (Lipinski definition) is 2. The first-order valence-corrected chi connectivity index (χ1v) is 20.3. The molecule has 0 radical (unpaired) electrons. The van der Waals surface area contributed by atoms with E-state index in [1.807, 2.05) is 42.6 Å². The van der Waals surface area contributed by atoms with Gasteiger partial charge in [-0.1, -0.05) is 107 Å². The molecule has 0 fully saturated rings. The smallest absolute Gasteiger partial charge is 0.457 e. The molecule has 58 heavy (non-hydrogen) atoms. The number of rotatable bonds is 5. The normalized spacial score (nSPS) is 13.5. The molecule has 0 spiro atoms. The monoisotopic (exact) mass is 770 g/mol. The first-order valence-electron chi connectivity index (χ1n) is 20.3. The number of fused-ring (bicyclic) bond motifs is 4. The lowest BCUT2D eigenvalue weighted by Gasteiger charge is -2.25. The topological polar surface area (TPSA) is 33.1 Å². The zero-order valence-electron chi connectivity index (χ0n) is 36.0. The van der Waals surface area contributed by atoms with E-state index in [9.17, 15) is 4.39 Å². The summed E-state index contributed by atoms with van der Waals surface area (Å²) in [6, 6.07) is 40.7. The number of ether oxygens (including phenoxy) is 1. The van der Waals surface area contributed by atoms with Gasteiger partial charge in [-0.05, 0) is 96.0 Å². The van der Waals surface area contributed by atoms with E-state index in [1.165, 1.54) is 28.3 Å². The van der Waals surface area contributed by atoms with Gasteiger partial charge in [-0.15, -0.1) is 0 Å². The molecule has 0 atom stereocenters. The third-order valence-electron chi connectivity index (χ3n) is 11.2. The van der Waals surface area contributed by atoms with Gasteiger partial charge in [0, 0.05) is 52.9 Å². The lowest BCUT2D eigenvalue weighted by atomic mass is 9.80. The Labute approximate surface area is 342 Å². The number of benzene rings is 5. The number of para-hydroxylation sites is 1. The zero-order chi connectivity index (χ0) is 41.5. The number of halogens is 1. The fraction of sp³-hybridized carbons (Fsp3) is 0.308. The van der Waals surface area contributed by atoms with Crippen LogP contribution in [0.2, 0.25) is 0 Å². The fourth-order valence-corrected chi connectivity index (χ4v) is 7.86. The molecule has 3 heterocycles. The van der Waals surface area contributed by atoms with E-state index in [4.69, 9.17) is 9.72 Å². The quantitative estimate of drug-likeness (QED) is 0.163. The molecular weight excluding hydrogens is 716 g/mol. The van der Waals surface area contributed by atoms with E-state index < -0.39 is 0 Å². The van der Waals surface area contributed by atoms with E-state index in [-0.39, 0.29) is 27.5 Å². The van der Waals surface area contributed by atoms with Crippen molar-refractivity contribution in [2.24, 2.45) is 0 Å². The predicted octanol–water partition coefficient (Wildman–Crippen LogP) is 14.2. The molecule has 6 heteroatoms. The van der Waals surface area contributed by atoms with Crippen molar-refractivity contribution in [3.63, 3.8) is 0 Å². The molecule has 8 rings (SSSR count). The summed E-state index contributed by atoms with van der Waals surface area (Å²) in [4.78, 5) is 4.80. The largest absolute Gasteiger partial charge is 0.503 e. The molecule has 7 aromatic rings. The number of hydrogen-bond donors (Lipinski definition) is 0. The molecule has 294 valence electrons. The minimum absolute atomic E-state index is 0.0337. The number of aromatic nitrogens is 2. The Balaban J connectivity index is 1.26. The van der Waals surface area contributed by atoms with Crippen LogP contribution in [0.1, 0.15) is 105 Å². The molecule has 5 nitrogen and oxygen atoms in total. The van der Waals surface area contributed by atoms with Gasteiger partial charge in [-0.2, -0.15) is 0 Å². The van der Waals surface area contributed by atoms with Crippen LogP contribution < -0.4 is 13.9 Å². The summed E-state index contributed by atoms with van der Waals surface area (Å²) in [7, 11) is 0. The second kappa shape index (κ2) is 13.6. The van der Waals surface area contributed by atoms with Crippen LogP contribution in [-0.4, -0.2) is 15.6 Å². The van der Waals surface area contributed by atoms with Gasteiger partial charge in [0.25, 0.3) is 5.69 Å². The lowest BCUT2D eigenvalue weighted by Crippen LogP contribution is -2.18. The van der Waals surface area contributed by atoms with Crippen LogP contribution in [0, 0.1) is 5.82 Å². The van der Waals surface area contributed by atoms with E-state index in [2.05, 4.69) is 163 Å². The standard InChI is InChI=1S/C52H55FN4O/c1-49(2,3)33-23-24-54-47(28-33)57-44-22-19-36(53)29-42(44)41-21-20-40(31-46(41)57)58-39-16-13-15-37(30-39)55-32-56(48-43(52(10,11)12)17-14-18-45(48)55)38-26-34(50(4,5)6)25-35(27-38)51(7,8)9/h13-31H,1-12H3/q+2. The van der Waals surface area contributed by atoms with Crippen molar-refractivity contribution in [2.45, 2.75) is 105 Å². The zero-order valence-corrected chi connectivity index (χ0v) is 36.0. The van der Waals surface area contributed by atoms with Crippen LogP contribution in [0.15, 0.2) is 115 Å². The van der Waals surface area contributed by atoms with Gasteiger partial charge in [0.2, 0.25) is 11.4 Å². The van der Waals surface area contributed by atoms with Crippen LogP contribution in [0.3, 0.4) is 0 Å². The SMILES string of the molecule is CC(C)(C)c1cc([N+]2=C=[N+](c3cccc(Oc4ccc5c6cc(F)ccc6n(-c6cc(C(C)(C)C)ccn6)c5c4)c3)c3cccc(C(C)(C)C)c32)cc(C(C)(C)C)c1. The Hall–Kier alpha value is -5.84. The molecule has 0 saturated heterocycles. The summed E-state index contributed by atoms with van der Waals surface area (Å²) >= 11 is 0. The van der Waals surface area contributed by atoms with Crippen molar-refractivity contribution < 1.29 is 9.13 Å². The van der Waals surface area contributed by atoms with Crippen molar-refractivity contribution in [3.8, 4) is 17.3 Å². The molecule has 1 aliphatic heterocycles. The summed E-state index contributed by atoms with van der Waals surface area (Å²) < 4.78 is 27.9. The Bertz CT molecular complexity index is 2810. The third-order valence-corrected chi connectivity index (χ3v) is 11.2. The molecule has 5 aromatic carbocycles. The van der Waals surface area contributed by atoms with Crippen LogP contribution in [-0.2, 0) is 21.7 Å². The molecule has 0 aliphatic carbocycles. The first kappa shape index (κ1) is 39.0. The summed E-state index contributed by atoms with van der Waals surface area (Å²) in [5.41, 5.74) is 10.7. The molecule has 0 N–H and O–H groups in total. The van der Waals surface area contributed by atoms with Crippen LogP contribution in [0.25, 0.3) is 27.6 Å². The van der Waals surface area contributed by atoms with Gasteiger partial charge in [0.15, 0.2) is 0 Å². The highest BCUT2D eigenvalue weighted by Crippen LogP contribution is 2.45. The highest BCUT2D eigenvalue weighted by Gasteiger charge is 2.42. The molecule has 1 aliphatic rings. The van der Waals surface area contributed by atoms with Gasteiger partial charge >= 0.3 is 11.7 Å². The van der Waals surface area contributed by atoms with Crippen LogP contribution >= 0.6 is 0 Å². The van der Waals surface area contributed by atoms with Crippen LogP contribution in [0.5, 0.6) is 11.5 Å². The van der Waals surface area contributed by atoms with Gasteiger partial charge in [0.05, 0.1) is 17.1 Å². The average molecular weight is 771 g/mol. The van der Waals surface area contributed by atoms with Gasteiger partial charge in [-0.3, -0.25) is 4.57 Å². The summed E-state index contributed by atoms with van der Waals surface area (Å²) in [6.07, 6.45) is 1.85. The minimum Gasteiger partial charge on any atom is -0.457 e. The first-order chi connectivity index (χ1) is 27.2. The fourth-order valence-electron chi connectivity index (χ4n) is 7.86. The van der Waals surface area contributed by atoms with E-state index in [0.29, 0.717) is 11.5 Å². The Morgan fingerprint density at radius 2 is 1.22 bits per heavy atom. The second-order valence-corrected chi connectivity index (χ2v) is 19.9. The highest BCUT2D eigenvalue weighted by atomic mass is 19.1. The van der Waals surface area contributed by atoms with E-state index in [1.54, 1.807) is 6.07 Å². The molecule has 0 saturated carbocycles. The number of nitrogens with zero attached hydrogens (tertiary/aromatic N) is 4. The average Bonchev–Trinajstić information content (AvgIpc) is 3.69. The number of pyridine rings is 1. The predicted molar refractivity (Wildman–Crippen MR) is 241 cm³/mol. The Morgan fingerprint density at radius 3 is 1.90 bits per heavy atom. The minimum atomic E-state index is -0.276. The maximum absolute atomic E-state index is 14.7. The van der Waals surface area contributed by atoms with Gasteiger partial charge < -0.3 is 4.74 Å². The highest BCUT2D eigenvalue weighted by molar-refractivity contribution is 6.09. The third kappa shape index (κ3) is 7.16. The second-order valence-electron chi connectivity index (χ2n) is 19.9. The van der Waals surface area contributed by atoms with E-state index in [0.717, 1.165) is 50.4 Å². The van der Waals surface area contributed by atoms with Crippen molar-refractivity contribution in [1.29, 1.82) is 0 Å². The molecule has 2 aromatic heterocycles. The molecule has 0 unspecified atom stereocenters. The molecular formula is C52H55FN4O+2. The lowest BCUT2D eigenvalue weighted by molar-refractivity contribution is 0.483. The Morgan fingerprint density at radius 1 is 0.552 bits per heavy atom. The van der Waals surface area contributed by atoms with Crippen LogP contribution in [0.4, 0.5) is 27.1 Å². The van der Waals surface area contributed by atoms with Crippen molar-refractivity contribution >= 4 is 50.6 Å². The maximum Gasteiger partial charge on any atom is 0.503 e. The van der Waals surface area contributed by atoms with Crippen molar-refractivity contribution in [2.75, 3.05) is 0 Å². The Kier molecular flexibility index (Phi) is 9.17. The van der Waals surface area contributed by atoms with E-state index >= 15 is 0 Å². The summed E-state index contributed by atoms with van der Waals surface area (Å²) in [6.45, 7) is 27.1. The van der Waals surface area contributed by atoms with Crippen molar-refractivity contribution in [1.82, 2.24) is 18.7 Å². The maximum atomic E-state index is 14.7. The molecule has 0 bridgehead atoms. The van der Waals surface area contributed by atoms with Crippen molar-refractivity contribution in [3.05, 3.63) is 143 Å². The summed E-state index contributed by atoms with van der Waals surface area (Å²) in [5.74, 6) is 1.86. The summed E-state index contributed by atoms with van der Waals surface area (Å²) in [5, 5.41) is 1.75. The molecule has 0 amide bonds. The van der Waals surface area contributed by atoms with Gasteiger partial charge in [-0.25, -0.2) is 9.37 Å². The van der Waals surface area contributed by atoms with Gasteiger partial charge in [0.1, 0.15) is 23.1 Å².